The Morgan fingerprint density at radius 1 is 1.04 bits per heavy atom. The van der Waals surface area contributed by atoms with Crippen LogP contribution >= 0.6 is 0 Å². The molecule has 136 valence electrons. The molecule has 1 aromatic carbocycles. The van der Waals surface area contributed by atoms with Crippen molar-refractivity contribution >= 4 is 0 Å². The van der Waals surface area contributed by atoms with Gasteiger partial charge in [0.1, 0.15) is 0 Å². The molecule has 26 heavy (non-hydrogen) atoms. The Hall–Kier alpha value is -2.50. The maximum Gasteiger partial charge on any atom is 0.0973 e. The van der Waals surface area contributed by atoms with Crippen molar-refractivity contribution in [2.24, 2.45) is 0 Å². The fourth-order valence-electron chi connectivity index (χ4n) is 2.72. The van der Waals surface area contributed by atoms with Gasteiger partial charge in [0, 0.05) is 49.4 Å². The number of hydrogen-bond acceptors (Lipinski definition) is 4. The summed E-state index contributed by atoms with van der Waals surface area (Å²) in [6.45, 7) is 5.33. The largest absolute Gasteiger partial charge is 0.380 e. The molecule has 0 saturated carbocycles. The molecule has 2 aromatic heterocycles. The zero-order chi connectivity index (χ0) is 18.0. The number of para-hydroxylation sites is 1. The molecule has 0 amide bonds. The lowest BCUT2D eigenvalue weighted by atomic mass is 10.1. The quantitative estimate of drug-likeness (QED) is 0.565. The third-order valence-electron chi connectivity index (χ3n) is 4.15. The van der Waals surface area contributed by atoms with Crippen molar-refractivity contribution in [3.8, 4) is 16.9 Å². The highest BCUT2D eigenvalue weighted by Crippen LogP contribution is 2.23. The molecule has 0 fully saturated rings. The molecule has 0 aliphatic carbocycles. The van der Waals surface area contributed by atoms with Gasteiger partial charge in [0.05, 0.1) is 18.0 Å². The SMILES string of the molecule is CCCCOCCNCc1cn(-c2ccccc2)nc1-c1ccncc1. The number of pyridine rings is 1. The van der Waals surface area contributed by atoms with Gasteiger partial charge in [-0.25, -0.2) is 4.68 Å². The molecule has 0 bridgehead atoms. The third kappa shape index (κ3) is 5.00. The van der Waals surface area contributed by atoms with Gasteiger partial charge in [-0.15, -0.1) is 0 Å². The smallest absolute Gasteiger partial charge is 0.0973 e. The summed E-state index contributed by atoms with van der Waals surface area (Å²) in [7, 11) is 0. The van der Waals surface area contributed by atoms with Crippen LogP contribution in [-0.2, 0) is 11.3 Å². The molecule has 0 aliphatic rings. The van der Waals surface area contributed by atoms with Crippen LogP contribution in [0.5, 0.6) is 0 Å². The first-order chi connectivity index (χ1) is 12.9. The molecule has 2 heterocycles. The second-order valence-electron chi connectivity index (χ2n) is 6.16. The number of hydrogen-bond donors (Lipinski definition) is 1. The summed E-state index contributed by atoms with van der Waals surface area (Å²) in [6.07, 6.45) is 7.98. The molecule has 5 nitrogen and oxygen atoms in total. The van der Waals surface area contributed by atoms with Crippen LogP contribution in [0.3, 0.4) is 0 Å². The summed E-state index contributed by atoms with van der Waals surface area (Å²) in [5.74, 6) is 0. The normalized spacial score (nSPS) is 11.0. The van der Waals surface area contributed by atoms with Crippen LogP contribution in [0.15, 0.2) is 61.1 Å². The van der Waals surface area contributed by atoms with Crippen LogP contribution in [-0.4, -0.2) is 34.5 Å². The van der Waals surface area contributed by atoms with Gasteiger partial charge in [-0.1, -0.05) is 31.5 Å². The number of unbranched alkanes of at least 4 members (excludes halogenated alkanes) is 1. The van der Waals surface area contributed by atoms with Crippen molar-refractivity contribution in [3.05, 3.63) is 66.6 Å². The zero-order valence-corrected chi connectivity index (χ0v) is 15.3. The van der Waals surface area contributed by atoms with Gasteiger partial charge in [0.25, 0.3) is 0 Å². The Morgan fingerprint density at radius 2 is 1.85 bits per heavy atom. The van der Waals surface area contributed by atoms with E-state index in [1.54, 1.807) is 12.4 Å². The van der Waals surface area contributed by atoms with Crippen molar-refractivity contribution < 1.29 is 4.74 Å². The lowest BCUT2D eigenvalue weighted by Crippen LogP contribution is -2.19. The molecule has 3 aromatic rings. The Bertz CT molecular complexity index is 771. The van der Waals surface area contributed by atoms with Crippen molar-refractivity contribution in [1.82, 2.24) is 20.1 Å². The third-order valence-corrected chi connectivity index (χ3v) is 4.15. The lowest BCUT2D eigenvalue weighted by Gasteiger charge is -2.06. The maximum absolute atomic E-state index is 5.61. The predicted octanol–water partition coefficient (Wildman–Crippen LogP) is 3.84. The minimum Gasteiger partial charge on any atom is -0.380 e. The molecular formula is C21H26N4O. The van der Waals surface area contributed by atoms with Gasteiger partial charge in [-0.05, 0) is 30.7 Å². The zero-order valence-electron chi connectivity index (χ0n) is 15.3. The molecule has 3 rings (SSSR count). The number of nitrogens with one attached hydrogen (secondary N) is 1. The summed E-state index contributed by atoms with van der Waals surface area (Å²) in [5, 5.41) is 8.27. The van der Waals surface area contributed by atoms with Crippen molar-refractivity contribution in [2.75, 3.05) is 19.8 Å². The highest BCUT2D eigenvalue weighted by atomic mass is 16.5. The van der Waals surface area contributed by atoms with E-state index in [4.69, 9.17) is 9.84 Å². The Labute approximate surface area is 155 Å². The molecule has 0 aliphatic heterocycles. The second-order valence-corrected chi connectivity index (χ2v) is 6.16. The van der Waals surface area contributed by atoms with Gasteiger partial charge in [-0.2, -0.15) is 5.10 Å². The topological polar surface area (TPSA) is 52.0 Å². The Kier molecular flexibility index (Phi) is 6.93. The minimum absolute atomic E-state index is 0.734. The average Bonchev–Trinajstić information content (AvgIpc) is 3.13. The highest BCUT2D eigenvalue weighted by Gasteiger charge is 2.12. The first-order valence-corrected chi connectivity index (χ1v) is 9.21. The van der Waals surface area contributed by atoms with Crippen LogP contribution < -0.4 is 5.32 Å². The number of rotatable bonds is 10. The maximum atomic E-state index is 5.61. The molecule has 0 saturated heterocycles. The lowest BCUT2D eigenvalue weighted by molar-refractivity contribution is 0.133. The molecule has 0 radical (unpaired) electrons. The van der Waals surface area contributed by atoms with Crippen molar-refractivity contribution in [3.63, 3.8) is 0 Å². The first kappa shape index (κ1) is 18.3. The van der Waals surface area contributed by atoms with E-state index in [1.165, 1.54) is 6.42 Å². The predicted molar refractivity (Wildman–Crippen MR) is 104 cm³/mol. The van der Waals surface area contributed by atoms with E-state index in [2.05, 4.69) is 35.6 Å². The molecule has 1 N–H and O–H groups in total. The summed E-state index contributed by atoms with van der Waals surface area (Å²) in [5.41, 5.74) is 4.27. The fourth-order valence-corrected chi connectivity index (χ4v) is 2.72. The standard InChI is InChI=1S/C21H26N4O/c1-2-3-14-26-15-13-23-16-19-17-25(20-7-5-4-6-8-20)24-21(19)18-9-11-22-12-10-18/h4-12,17,23H,2-3,13-16H2,1H3. The minimum atomic E-state index is 0.734. The van der Waals surface area contributed by atoms with E-state index in [-0.39, 0.29) is 0 Å². The monoisotopic (exact) mass is 350 g/mol. The first-order valence-electron chi connectivity index (χ1n) is 9.21. The molecule has 0 unspecified atom stereocenters. The van der Waals surface area contributed by atoms with E-state index in [0.717, 1.165) is 55.2 Å². The number of benzene rings is 1. The molecule has 0 atom stereocenters. The Morgan fingerprint density at radius 3 is 2.62 bits per heavy atom. The van der Waals surface area contributed by atoms with Crippen LogP contribution in [0.1, 0.15) is 25.3 Å². The van der Waals surface area contributed by atoms with Crippen LogP contribution in [0, 0.1) is 0 Å². The number of aromatic nitrogens is 3. The second kappa shape index (κ2) is 9.85. The van der Waals surface area contributed by atoms with E-state index < -0.39 is 0 Å². The van der Waals surface area contributed by atoms with E-state index in [0.29, 0.717) is 0 Å². The van der Waals surface area contributed by atoms with Gasteiger partial charge >= 0.3 is 0 Å². The van der Waals surface area contributed by atoms with Crippen LogP contribution in [0.25, 0.3) is 16.9 Å². The summed E-state index contributed by atoms with van der Waals surface area (Å²) >= 11 is 0. The molecule has 0 spiro atoms. The van der Waals surface area contributed by atoms with Gasteiger partial charge in [0.15, 0.2) is 0 Å². The average molecular weight is 350 g/mol. The van der Waals surface area contributed by atoms with Crippen molar-refractivity contribution in [2.45, 2.75) is 26.3 Å². The van der Waals surface area contributed by atoms with Crippen molar-refractivity contribution in [1.29, 1.82) is 0 Å². The van der Waals surface area contributed by atoms with Gasteiger partial charge in [0.2, 0.25) is 0 Å². The van der Waals surface area contributed by atoms with E-state index in [9.17, 15) is 0 Å². The number of ether oxygens (including phenoxy) is 1. The van der Waals surface area contributed by atoms with Gasteiger partial charge in [-0.3, -0.25) is 4.98 Å². The van der Waals surface area contributed by atoms with Gasteiger partial charge < -0.3 is 10.1 Å². The highest BCUT2D eigenvalue weighted by molar-refractivity contribution is 5.62. The van der Waals surface area contributed by atoms with E-state index in [1.807, 2.05) is 35.0 Å². The summed E-state index contributed by atoms with van der Waals surface area (Å²) < 4.78 is 7.54. The summed E-state index contributed by atoms with van der Waals surface area (Å²) in [4.78, 5) is 4.11. The molecule has 5 heteroatoms. The molecular weight excluding hydrogens is 324 g/mol. The van der Waals surface area contributed by atoms with E-state index >= 15 is 0 Å². The van der Waals surface area contributed by atoms with Crippen LogP contribution in [0.4, 0.5) is 0 Å². The summed E-state index contributed by atoms with van der Waals surface area (Å²) in [6, 6.07) is 14.2. The van der Waals surface area contributed by atoms with Crippen LogP contribution in [0.2, 0.25) is 0 Å². The fraction of sp³-hybridized carbons (Fsp3) is 0.333. The Balaban J connectivity index is 1.70. The number of nitrogens with zero attached hydrogens (tertiary/aromatic N) is 3.